The van der Waals surface area contributed by atoms with Gasteiger partial charge in [-0.3, -0.25) is 9.89 Å². The number of nitrogens with one attached hydrogen (secondary N) is 1. The van der Waals surface area contributed by atoms with Crippen LogP contribution in [-0.4, -0.2) is 39.3 Å². The first-order valence-corrected chi connectivity index (χ1v) is 13.0. The molecule has 2 heterocycles. The van der Waals surface area contributed by atoms with E-state index < -0.39 is 0 Å². The zero-order valence-electron chi connectivity index (χ0n) is 20.7. The lowest BCUT2D eigenvalue weighted by molar-refractivity contribution is 0.0740. The van der Waals surface area contributed by atoms with Crippen molar-refractivity contribution in [3.05, 3.63) is 63.8 Å². The lowest BCUT2D eigenvalue weighted by Gasteiger charge is -2.26. The molecule has 0 bridgehead atoms. The fraction of sp³-hybridized carbons (Fsp3) is 0.429. The summed E-state index contributed by atoms with van der Waals surface area (Å²) in [6.07, 6.45) is 6.38. The summed E-state index contributed by atoms with van der Waals surface area (Å²) in [6, 6.07) is 11.0. The number of hydrogen-bond acceptors (Lipinski definition) is 4. The molecular formula is C28H34ClN3O3. The number of ether oxygens (including phenoxy) is 1. The number of phenols is 1. The topological polar surface area (TPSA) is 78.5 Å². The van der Waals surface area contributed by atoms with Gasteiger partial charge in [0.05, 0.1) is 12.6 Å². The predicted molar refractivity (Wildman–Crippen MR) is 139 cm³/mol. The highest BCUT2D eigenvalue weighted by Gasteiger charge is 2.42. The van der Waals surface area contributed by atoms with Crippen LogP contribution in [0.1, 0.15) is 85.6 Å². The molecule has 1 atom stereocenters. The van der Waals surface area contributed by atoms with Crippen LogP contribution in [0.15, 0.2) is 36.4 Å². The van der Waals surface area contributed by atoms with Gasteiger partial charge in [0, 0.05) is 22.7 Å². The number of carbonyl (C=O) groups is 1. The molecule has 35 heavy (non-hydrogen) atoms. The number of hydrogen-bond donors (Lipinski definition) is 2. The van der Waals surface area contributed by atoms with Crippen LogP contribution in [-0.2, 0) is 0 Å². The van der Waals surface area contributed by atoms with E-state index in [-0.39, 0.29) is 17.7 Å². The van der Waals surface area contributed by atoms with Gasteiger partial charge in [-0.25, -0.2) is 0 Å². The number of aromatic amines is 1. The second-order valence-corrected chi connectivity index (χ2v) is 9.62. The summed E-state index contributed by atoms with van der Waals surface area (Å²) in [5.74, 6) is 0.840. The quantitative estimate of drug-likeness (QED) is 0.279. The molecule has 2 aromatic carbocycles. The van der Waals surface area contributed by atoms with Gasteiger partial charge in [-0.1, -0.05) is 63.3 Å². The Balaban J connectivity index is 1.71. The highest BCUT2D eigenvalue weighted by molar-refractivity contribution is 6.31. The molecule has 0 radical (unpaired) electrons. The first kappa shape index (κ1) is 25.1. The smallest absolute Gasteiger partial charge is 0.273 e. The maximum atomic E-state index is 13.4. The van der Waals surface area contributed by atoms with Crippen LogP contribution < -0.4 is 4.74 Å². The molecule has 1 aliphatic rings. The minimum Gasteiger partial charge on any atom is -0.507 e. The Morgan fingerprint density at radius 3 is 2.51 bits per heavy atom. The fourth-order valence-electron chi connectivity index (χ4n) is 4.66. The highest BCUT2D eigenvalue weighted by atomic mass is 35.5. The van der Waals surface area contributed by atoms with Gasteiger partial charge in [0.1, 0.15) is 22.9 Å². The van der Waals surface area contributed by atoms with Crippen LogP contribution in [0, 0.1) is 6.92 Å². The number of halogens is 1. The molecular weight excluding hydrogens is 462 g/mol. The number of aromatic hydroxyl groups is 1. The van der Waals surface area contributed by atoms with Crippen LogP contribution in [0.2, 0.25) is 5.02 Å². The second kappa shape index (κ2) is 11.2. The molecule has 4 rings (SSSR count). The summed E-state index contributed by atoms with van der Waals surface area (Å²) in [4.78, 5) is 15.3. The SMILES string of the molecule is CCCCCOc1ccc(C2c3c(-c4cc(Cl)c(C)cc4O)n[nH]c3C(=O)N2CCCCC)cc1. The summed E-state index contributed by atoms with van der Waals surface area (Å²) in [7, 11) is 0. The lowest BCUT2D eigenvalue weighted by atomic mass is 9.95. The van der Waals surface area contributed by atoms with Gasteiger partial charge < -0.3 is 14.7 Å². The zero-order chi connectivity index (χ0) is 24.9. The third kappa shape index (κ3) is 5.18. The molecule has 0 aliphatic carbocycles. The number of amides is 1. The Kier molecular flexibility index (Phi) is 8.01. The number of phenolic OH excluding ortho intramolecular Hbond substituents is 1. The van der Waals surface area contributed by atoms with Crippen LogP contribution in [0.5, 0.6) is 11.5 Å². The second-order valence-electron chi connectivity index (χ2n) is 9.21. The molecule has 186 valence electrons. The molecule has 0 saturated carbocycles. The number of rotatable bonds is 11. The maximum Gasteiger partial charge on any atom is 0.273 e. The molecule has 1 amide bonds. The first-order chi connectivity index (χ1) is 17.0. The van der Waals surface area contributed by atoms with Crippen molar-refractivity contribution < 1.29 is 14.6 Å². The van der Waals surface area contributed by atoms with Crippen molar-refractivity contribution in [3.63, 3.8) is 0 Å². The minimum atomic E-state index is -0.309. The van der Waals surface area contributed by atoms with Crippen molar-refractivity contribution in [1.29, 1.82) is 0 Å². The molecule has 0 fully saturated rings. The Bertz CT molecular complexity index is 1170. The van der Waals surface area contributed by atoms with E-state index in [0.717, 1.165) is 61.0 Å². The fourth-order valence-corrected chi connectivity index (χ4v) is 4.82. The van der Waals surface area contributed by atoms with Gasteiger partial charge in [-0.05, 0) is 55.2 Å². The van der Waals surface area contributed by atoms with Crippen molar-refractivity contribution in [2.24, 2.45) is 0 Å². The van der Waals surface area contributed by atoms with Crippen LogP contribution in [0.3, 0.4) is 0 Å². The van der Waals surface area contributed by atoms with Gasteiger partial charge in [0.15, 0.2) is 0 Å². The van der Waals surface area contributed by atoms with Gasteiger partial charge in [0.2, 0.25) is 0 Å². The van der Waals surface area contributed by atoms with E-state index in [1.165, 1.54) is 0 Å². The summed E-state index contributed by atoms with van der Waals surface area (Å²) < 4.78 is 5.89. The molecule has 2 N–H and O–H groups in total. The van der Waals surface area contributed by atoms with E-state index in [1.807, 2.05) is 36.1 Å². The molecule has 7 heteroatoms. The molecule has 0 saturated heterocycles. The predicted octanol–water partition coefficient (Wildman–Crippen LogP) is 7.05. The van der Waals surface area contributed by atoms with Crippen molar-refractivity contribution in [3.8, 4) is 22.8 Å². The van der Waals surface area contributed by atoms with E-state index in [9.17, 15) is 9.90 Å². The Hall–Kier alpha value is -2.99. The summed E-state index contributed by atoms with van der Waals surface area (Å²) in [5, 5.41) is 18.7. The Labute approximate surface area is 212 Å². The van der Waals surface area contributed by atoms with Crippen molar-refractivity contribution >= 4 is 17.5 Å². The monoisotopic (exact) mass is 495 g/mol. The van der Waals surface area contributed by atoms with E-state index in [0.29, 0.717) is 35.1 Å². The molecule has 1 aromatic heterocycles. The Morgan fingerprint density at radius 2 is 1.80 bits per heavy atom. The molecule has 6 nitrogen and oxygen atoms in total. The highest BCUT2D eigenvalue weighted by Crippen LogP contribution is 2.45. The first-order valence-electron chi connectivity index (χ1n) is 12.6. The van der Waals surface area contributed by atoms with Crippen molar-refractivity contribution in [2.75, 3.05) is 13.2 Å². The van der Waals surface area contributed by atoms with E-state index in [2.05, 4.69) is 24.0 Å². The van der Waals surface area contributed by atoms with Crippen molar-refractivity contribution in [2.45, 2.75) is 65.3 Å². The Morgan fingerprint density at radius 1 is 1.09 bits per heavy atom. The van der Waals surface area contributed by atoms with E-state index in [1.54, 1.807) is 12.1 Å². The number of fused-ring (bicyclic) bond motifs is 1. The zero-order valence-corrected chi connectivity index (χ0v) is 21.5. The molecule has 0 spiro atoms. The van der Waals surface area contributed by atoms with Crippen LogP contribution in [0.4, 0.5) is 0 Å². The maximum absolute atomic E-state index is 13.4. The number of carbonyl (C=O) groups excluding carboxylic acids is 1. The normalized spacial score (nSPS) is 15.0. The van der Waals surface area contributed by atoms with Crippen LogP contribution >= 0.6 is 11.6 Å². The number of nitrogens with zero attached hydrogens (tertiary/aromatic N) is 2. The standard InChI is InChI=1S/C28H34ClN3O3/c1-4-6-8-14-32-27(19-10-12-20(13-11-19)35-15-9-7-5-2)24-25(30-31-26(24)28(32)34)21-17-22(29)18(3)16-23(21)33/h10-13,16-17,27,33H,4-9,14-15H2,1-3H3,(H,30,31). The van der Waals surface area contributed by atoms with Crippen LogP contribution in [0.25, 0.3) is 11.3 Å². The third-order valence-corrected chi connectivity index (χ3v) is 7.02. The number of benzene rings is 2. The van der Waals surface area contributed by atoms with Gasteiger partial charge >= 0.3 is 0 Å². The molecule has 3 aromatic rings. The average Bonchev–Trinajstić information content (AvgIpc) is 3.39. The summed E-state index contributed by atoms with van der Waals surface area (Å²) in [5.41, 5.74) is 4.08. The van der Waals surface area contributed by atoms with E-state index in [4.69, 9.17) is 16.3 Å². The third-order valence-electron chi connectivity index (χ3n) is 6.61. The minimum absolute atomic E-state index is 0.0718. The van der Waals surface area contributed by atoms with Gasteiger partial charge in [-0.2, -0.15) is 5.10 Å². The van der Waals surface area contributed by atoms with Crippen molar-refractivity contribution in [1.82, 2.24) is 15.1 Å². The number of aryl methyl sites for hydroxylation is 1. The van der Waals surface area contributed by atoms with E-state index >= 15 is 0 Å². The molecule has 1 aliphatic heterocycles. The number of aromatic nitrogens is 2. The van der Waals surface area contributed by atoms with Gasteiger partial charge in [-0.15, -0.1) is 0 Å². The molecule has 1 unspecified atom stereocenters. The number of unbranched alkanes of at least 4 members (excludes halogenated alkanes) is 4. The largest absolute Gasteiger partial charge is 0.507 e. The average molecular weight is 496 g/mol. The lowest BCUT2D eigenvalue weighted by Crippen LogP contribution is -2.30. The number of H-pyrrole nitrogens is 1. The van der Waals surface area contributed by atoms with Gasteiger partial charge in [0.25, 0.3) is 5.91 Å². The summed E-state index contributed by atoms with van der Waals surface area (Å²) >= 11 is 6.39. The summed E-state index contributed by atoms with van der Waals surface area (Å²) in [6.45, 7) is 7.51.